The predicted molar refractivity (Wildman–Crippen MR) is 115 cm³/mol. The van der Waals surface area contributed by atoms with Crippen molar-refractivity contribution >= 4 is 52.8 Å². The molecule has 0 aromatic heterocycles. The van der Waals surface area contributed by atoms with Crippen molar-refractivity contribution in [2.45, 2.75) is 9.79 Å². The molecule has 0 aliphatic rings. The van der Waals surface area contributed by atoms with Gasteiger partial charge in [-0.3, -0.25) is 14.9 Å². The number of rotatable bonds is 6. The fourth-order valence-electron chi connectivity index (χ4n) is 2.30. The molecule has 0 unspecified atom stereocenters. The second-order valence-electron chi connectivity index (χ2n) is 5.75. The lowest BCUT2D eigenvalue weighted by Crippen LogP contribution is -2.17. The van der Waals surface area contributed by atoms with Gasteiger partial charge in [0.2, 0.25) is 0 Å². The average molecular weight is 446 g/mol. The van der Waals surface area contributed by atoms with Crippen molar-refractivity contribution < 1.29 is 9.72 Å². The molecule has 0 aliphatic carbocycles. The second kappa shape index (κ2) is 9.56. The summed E-state index contributed by atoms with van der Waals surface area (Å²) >= 11 is 12.9. The standard InChI is InChI=1S/C20H13Cl2N3O3S/c21-15-4-2-14(3-5-15)20(26)24-23-12-13-1-10-19(18(11-13)25(27)28)29-17-8-6-16(22)7-9-17/h1-12H,(H,24,26). The van der Waals surface area contributed by atoms with Gasteiger partial charge in [0, 0.05) is 32.1 Å². The molecular weight excluding hydrogens is 433 g/mol. The molecule has 9 heteroatoms. The average Bonchev–Trinajstić information content (AvgIpc) is 2.71. The molecule has 0 bridgehead atoms. The third kappa shape index (κ3) is 5.80. The minimum Gasteiger partial charge on any atom is -0.267 e. The van der Waals surface area contributed by atoms with Crippen LogP contribution in [0.25, 0.3) is 0 Å². The van der Waals surface area contributed by atoms with Gasteiger partial charge in [-0.1, -0.05) is 41.0 Å². The van der Waals surface area contributed by atoms with Crippen LogP contribution in [0.1, 0.15) is 15.9 Å². The van der Waals surface area contributed by atoms with Crippen molar-refractivity contribution in [3.05, 3.63) is 98.0 Å². The summed E-state index contributed by atoms with van der Waals surface area (Å²) in [4.78, 5) is 24.3. The summed E-state index contributed by atoms with van der Waals surface area (Å²) < 4.78 is 0. The number of nitrogens with one attached hydrogen (secondary N) is 1. The zero-order chi connectivity index (χ0) is 20.8. The molecule has 0 atom stereocenters. The Morgan fingerprint density at radius 3 is 2.24 bits per heavy atom. The number of nitro groups is 1. The van der Waals surface area contributed by atoms with E-state index >= 15 is 0 Å². The van der Waals surface area contributed by atoms with Gasteiger partial charge in [-0.15, -0.1) is 0 Å². The van der Waals surface area contributed by atoms with Crippen LogP contribution in [-0.4, -0.2) is 17.0 Å². The highest BCUT2D eigenvalue weighted by Crippen LogP contribution is 2.35. The van der Waals surface area contributed by atoms with Gasteiger partial charge in [0.15, 0.2) is 0 Å². The molecule has 0 saturated carbocycles. The van der Waals surface area contributed by atoms with E-state index in [1.807, 2.05) is 0 Å². The van der Waals surface area contributed by atoms with Crippen LogP contribution >= 0.6 is 35.0 Å². The lowest BCUT2D eigenvalue weighted by molar-refractivity contribution is -0.387. The Morgan fingerprint density at radius 1 is 1.00 bits per heavy atom. The monoisotopic (exact) mass is 445 g/mol. The van der Waals surface area contributed by atoms with E-state index in [9.17, 15) is 14.9 Å². The molecule has 6 nitrogen and oxygen atoms in total. The first-order valence-corrected chi connectivity index (χ1v) is 9.80. The first-order chi connectivity index (χ1) is 13.9. The highest BCUT2D eigenvalue weighted by atomic mass is 35.5. The third-order valence-electron chi connectivity index (χ3n) is 3.71. The largest absolute Gasteiger partial charge is 0.283 e. The van der Waals surface area contributed by atoms with Crippen LogP contribution in [0.4, 0.5) is 5.69 Å². The summed E-state index contributed by atoms with van der Waals surface area (Å²) in [5.41, 5.74) is 3.19. The van der Waals surface area contributed by atoms with Gasteiger partial charge in [0.1, 0.15) is 0 Å². The maximum atomic E-state index is 12.0. The molecule has 0 heterocycles. The highest BCUT2D eigenvalue weighted by Gasteiger charge is 2.15. The van der Waals surface area contributed by atoms with Crippen LogP contribution in [0.15, 0.2) is 81.6 Å². The summed E-state index contributed by atoms with van der Waals surface area (Å²) in [7, 11) is 0. The number of hydrogen-bond donors (Lipinski definition) is 1. The number of benzene rings is 3. The fraction of sp³-hybridized carbons (Fsp3) is 0. The van der Waals surface area contributed by atoms with Crippen LogP contribution < -0.4 is 5.43 Å². The molecule has 1 N–H and O–H groups in total. The minimum atomic E-state index is -0.456. The van der Waals surface area contributed by atoms with Gasteiger partial charge in [-0.05, 0) is 54.6 Å². The molecule has 3 aromatic carbocycles. The first-order valence-electron chi connectivity index (χ1n) is 8.23. The van der Waals surface area contributed by atoms with Gasteiger partial charge in [0.05, 0.1) is 16.0 Å². The topological polar surface area (TPSA) is 84.6 Å². The zero-order valence-electron chi connectivity index (χ0n) is 14.7. The first kappa shape index (κ1) is 20.9. The molecule has 0 saturated heterocycles. The highest BCUT2D eigenvalue weighted by molar-refractivity contribution is 7.99. The molecule has 0 aliphatic heterocycles. The SMILES string of the molecule is O=C(NN=Cc1ccc(Sc2ccc(Cl)cc2)c([N+](=O)[O-])c1)c1ccc(Cl)cc1. The van der Waals surface area contributed by atoms with Gasteiger partial charge in [-0.25, -0.2) is 5.43 Å². The van der Waals surface area contributed by atoms with E-state index in [-0.39, 0.29) is 5.69 Å². The molecule has 0 fully saturated rings. The maximum Gasteiger partial charge on any atom is 0.283 e. The summed E-state index contributed by atoms with van der Waals surface area (Å²) in [6, 6.07) is 18.1. The van der Waals surface area contributed by atoms with E-state index in [1.165, 1.54) is 24.0 Å². The number of amides is 1. The number of carbonyl (C=O) groups is 1. The Hall–Kier alpha value is -2.87. The number of carbonyl (C=O) groups excluding carboxylic acids is 1. The normalized spacial score (nSPS) is 10.8. The molecule has 29 heavy (non-hydrogen) atoms. The summed E-state index contributed by atoms with van der Waals surface area (Å²) in [5.74, 6) is -0.415. The number of nitrogens with zero attached hydrogens (tertiary/aromatic N) is 2. The quantitative estimate of drug-likeness (QED) is 0.294. The Bertz CT molecular complexity index is 1070. The van der Waals surface area contributed by atoms with Crippen LogP contribution in [0.3, 0.4) is 0 Å². The molecule has 1 amide bonds. The minimum absolute atomic E-state index is 0.0575. The fourth-order valence-corrected chi connectivity index (χ4v) is 3.46. The summed E-state index contributed by atoms with van der Waals surface area (Å²) in [6.45, 7) is 0. The van der Waals surface area contributed by atoms with Gasteiger partial charge >= 0.3 is 0 Å². The van der Waals surface area contributed by atoms with Gasteiger partial charge in [0.25, 0.3) is 11.6 Å². The van der Waals surface area contributed by atoms with E-state index in [4.69, 9.17) is 23.2 Å². The van der Waals surface area contributed by atoms with E-state index < -0.39 is 10.8 Å². The Morgan fingerprint density at radius 2 is 1.62 bits per heavy atom. The van der Waals surface area contributed by atoms with Crippen LogP contribution in [0, 0.1) is 10.1 Å². The van der Waals surface area contributed by atoms with E-state index in [0.717, 1.165) is 4.90 Å². The van der Waals surface area contributed by atoms with Crippen molar-refractivity contribution in [3.63, 3.8) is 0 Å². The van der Waals surface area contributed by atoms with Crippen molar-refractivity contribution in [1.29, 1.82) is 0 Å². The van der Waals surface area contributed by atoms with E-state index in [2.05, 4.69) is 10.5 Å². The zero-order valence-corrected chi connectivity index (χ0v) is 17.0. The number of hydrazone groups is 1. The second-order valence-corrected chi connectivity index (χ2v) is 7.73. The molecule has 0 radical (unpaired) electrons. The molecule has 0 spiro atoms. The van der Waals surface area contributed by atoms with Crippen molar-refractivity contribution in [3.8, 4) is 0 Å². The van der Waals surface area contributed by atoms with Crippen LogP contribution in [0.2, 0.25) is 10.0 Å². The van der Waals surface area contributed by atoms with Crippen molar-refractivity contribution in [1.82, 2.24) is 5.43 Å². The van der Waals surface area contributed by atoms with Crippen molar-refractivity contribution in [2.24, 2.45) is 5.10 Å². The molecule has 146 valence electrons. The molecular formula is C20H13Cl2N3O3S. The van der Waals surface area contributed by atoms with Crippen molar-refractivity contribution in [2.75, 3.05) is 0 Å². The molecule has 3 rings (SSSR count). The van der Waals surface area contributed by atoms with Crippen LogP contribution in [0.5, 0.6) is 0 Å². The Labute approximate surface area is 180 Å². The van der Waals surface area contributed by atoms with Crippen LogP contribution in [-0.2, 0) is 0 Å². The van der Waals surface area contributed by atoms with Gasteiger partial charge < -0.3 is 0 Å². The lowest BCUT2D eigenvalue weighted by Gasteiger charge is -2.04. The smallest absolute Gasteiger partial charge is 0.267 e. The maximum absolute atomic E-state index is 12.0. The predicted octanol–water partition coefficient (Wildman–Crippen LogP) is 5.82. The Kier molecular flexibility index (Phi) is 6.87. The lowest BCUT2D eigenvalue weighted by atomic mass is 10.2. The van der Waals surface area contributed by atoms with Gasteiger partial charge in [-0.2, -0.15) is 5.10 Å². The Balaban J connectivity index is 1.73. The number of hydrogen-bond acceptors (Lipinski definition) is 5. The molecule has 3 aromatic rings. The summed E-state index contributed by atoms with van der Waals surface area (Å²) in [6.07, 6.45) is 1.34. The number of nitro benzene ring substituents is 1. The number of halogens is 2. The van der Waals surface area contributed by atoms with E-state index in [1.54, 1.807) is 60.7 Å². The summed E-state index contributed by atoms with van der Waals surface area (Å²) in [5, 5.41) is 16.4. The van der Waals surface area contributed by atoms with E-state index in [0.29, 0.717) is 26.1 Å². The third-order valence-corrected chi connectivity index (χ3v) is 5.28.